The molecule has 4 nitrogen and oxygen atoms in total. The molecular weight excluding hydrogens is 350 g/mol. The van der Waals surface area contributed by atoms with Crippen molar-refractivity contribution in [3.63, 3.8) is 0 Å². The van der Waals surface area contributed by atoms with Gasteiger partial charge in [-0.1, -0.05) is 23.7 Å². The molecule has 0 atom stereocenters. The molecule has 1 N–H and O–H groups in total. The second kappa shape index (κ2) is 8.58. The van der Waals surface area contributed by atoms with E-state index in [4.69, 9.17) is 11.6 Å². The summed E-state index contributed by atoms with van der Waals surface area (Å²) in [4.78, 5) is 25.1. The number of halogens is 3. The van der Waals surface area contributed by atoms with Gasteiger partial charge >= 0.3 is 0 Å². The van der Waals surface area contributed by atoms with Gasteiger partial charge < -0.3 is 10.2 Å². The van der Waals surface area contributed by atoms with E-state index in [2.05, 4.69) is 5.32 Å². The molecule has 0 heterocycles. The molecule has 2 aromatic rings. The summed E-state index contributed by atoms with van der Waals surface area (Å²) in [6.07, 6.45) is 0.540. The molecule has 0 radical (unpaired) electrons. The van der Waals surface area contributed by atoms with Crippen LogP contribution >= 0.6 is 11.6 Å². The normalized spacial score (nSPS) is 10.4. The van der Waals surface area contributed by atoms with Gasteiger partial charge in [0, 0.05) is 30.2 Å². The van der Waals surface area contributed by atoms with Crippen molar-refractivity contribution in [2.45, 2.75) is 13.3 Å². The molecule has 0 aromatic heterocycles. The van der Waals surface area contributed by atoms with Gasteiger partial charge in [0.25, 0.3) is 0 Å². The van der Waals surface area contributed by atoms with Crippen LogP contribution in [0.1, 0.15) is 12.5 Å². The van der Waals surface area contributed by atoms with Gasteiger partial charge in [0.15, 0.2) is 11.6 Å². The lowest BCUT2D eigenvalue weighted by atomic mass is 10.1. The van der Waals surface area contributed by atoms with Crippen molar-refractivity contribution in [1.29, 1.82) is 0 Å². The lowest BCUT2D eigenvalue weighted by Gasteiger charge is -2.20. The van der Waals surface area contributed by atoms with Gasteiger partial charge in [0.05, 0.1) is 6.54 Å². The Labute approximate surface area is 149 Å². The molecule has 2 amide bonds. The maximum atomic E-state index is 13.2. The van der Waals surface area contributed by atoms with Gasteiger partial charge in [0.2, 0.25) is 11.8 Å². The number of hydrogen-bond acceptors (Lipinski definition) is 2. The van der Waals surface area contributed by atoms with Crippen molar-refractivity contribution in [2.75, 3.05) is 18.4 Å². The Morgan fingerprint density at radius 2 is 1.88 bits per heavy atom. The minimum atomic E-state index is -1.05. The van der Waals surface area contributed by atoms with Crippen molar-refractivity contribution in [1.82, 2.24) is 4.90 Å². The summed E-state index contributed by atoms with van der Waals surface area (Å²) in [5.74, 6) is -2.80. The number of amides is 2. The minimum Gasteiger partial charge on any atom is -0.333 e. The Hall–Kier alpha value is -2.47. The van der Waals surface area contributed by atoms with Crippen LogP contribution in [0, 0.1) is 11.6 Å². The average Bonchev–Trinajstić information content (AvgIpc) is 2.54. The van der Waals surface area contributed by atoms with Crippen molar-refractivity contribution in [2.24, 2.45) is 0 Å². The quantitative estimate of drug-likeness (QED) is 0.848. The summed E-state index contributed by atoms with van der Waals surface area (Å²) in [6.45, 7) is 1.51. The predicted octanol–water partition coefficient (Wildman–Crippen LogP) is 3.65. The molecule has 2 aromatic carbocycles. The van der Waals surface area contributed by atoms with Gasteiger partial charge in [-0.3, -0.25) is 9.59 Å². The molecule has 132 valence electrons. The lowest BCUT2D eigenvalue weighted by Crippen LogP contribution is -2.38. The fourth-order valence-corrected chi connectivity index (χ4v) is 2.47. The van der Waals surface area contributed by atoms with Crippen LogP contribution in [0.3, 0.4) is 0 Å². The van der Waals surface area contributed by atoms with Crippen molar-refractivity contribution in [3.8, 4) is 0 Å². The van der Waals surface area contributed by atoms with Crippen LogP contribution in [-0.2, 0) is 16.0 Å². The molecule has 0 unspecified atom stereocenters. The van der Waals surface area contributed by atoms with Crippen molar-refractivity contribution in [3.05, 3.63) is 64.7 Å². The second-order valence-corrected chi connectivity index (χ2v) is 5.93. The molecule has 0 spiro atoms. The zero-order valence-electron chi connectivity index (χ0n) is 13.6. The number of anilines is 1. The first-order valence-electron chi connectivity index (χ1n) is 7.60. The van der Waals surface area contributed by atoms with Crippen LogP contribution in [0.15, 0.2) is 42.5 Å². The summed E-state index contributed by atoms with van der Waals surface area (Å²) >= 11 is 5.92. The molecule has 2 rings (SSSR count). The molecule has 0 aliphatic heterocycles. The van der Waals surface area contributed by atoms with E-state index in [1.54, 1.807) is 12.1 Å². The van der Waals surface area contributed by atoms with E-state index in [1.165, 1.54) is 17.9 Å². The van der Waals surface area contributed by atoms with Crippen LogP contribution in [0.2, 0.25) is 5.02 Å². The second-order valence-electron chi connectivity index (χ2n) is 5.50. The van der Waals surface area contributed by atoms with Crippen molar-refractivity contribution >= 4 is 29.1 Å². The summed E-state index contributed by atoms with van der Waals surface area (Å²) in [5.41, 5.74) is 1.07. The van der Waals surface area contributed by atoms with Crippen LogP contribution in [-0.4, -0.2) is 29.8 Å². The van der Waals surface area contributed by atoms with E-state index >= 15 is 0 Å². The number of rotatable bonds is 6. The van der Waals surface area contributed by atoms with E-state index in [-0.39, 0.29) is 18.1 Å². The molecule has 0 aliphatic rings. The van der Waals surface area contributed by atoms with Gasteiger partial charge in [-0.2, -0.15) is 0 Å². The van der Waals surface area contributed by atoms with Crippen LogP contribution in [0.5, 0.6) is 0 Å². The monoisotopic (exact) mass is 366 g/mol. The largest absolute Gasteiger partial charge is 0.333 e. The zero-order chi connectivity index (χ0) is 18.4. The Kier molecular flexibility index (Phi) is 6.47. The minimum absolute atomic E-state index is 0.127. The fourth-order valence-electron chi connectivity index (χ4n) is 2.25. The number of hydrogen-bond donors (Lipinski definition) is 1. The Morgan fingerprint density at radius 3 is 2.52 bits per heavy atom. The third-order valence-electron chi connectivity index (χ3n) is 3.54. The number of benzene rings is 2. The molecule has 7 heteroatoms. The van der Waals surface area contributed by atoms with Gasteiger partial charge in [-0.15, -0.1) is 0 Å². The first kappa shape index (κ1) is 18.9. The lowest BCUT2D eigenvalue weighted by molar-refractivity contribution is -0.132. The van der Waals surface area contributed by atoms with Gasteiger partial charge in [0.1, 0.15) is 0 Å². The summed E-state index contributed by atoms with van der Waals surface area (Å²) in [6, 6.07) is 10.3. The van der Waals surface area contributed by atoms with Crippen molar-refractivity contribution < 1.29 is 18.4 Å². The topological polar surface area (TPSA) is 49.4 Å². The van der Waals surface area contributed by atoms with Gasteiger partial charge in [-0.25, -0.2) is 8.78 Å². The third kappa shape index (κ3) is 5.83. The molecule has 0 bridgehead atoms. The average molecular weight is 367 g/mol. The highest BCUT2D eigenvalue weighted by atomic mass is 35.5. The standard InChI is InChI=1S/C18H17ClF2N2O2/c1-12(24)23(8-7-13-3-2-4-14(19)9-13)11-18(25)22-15-5-6-16(20)17(21)10-15/h2-6,9-10H,7-8,11H2,1H3,(H,22,25). The first-order chi connectivity index (χ1) is 11.8. The predicted molar refractivity (Wildman–Crippen MR) is 92.4 cm³/mol. The zero-order valence-corrected chi connectivity index (χ0v) is 14.3. The molecular formula is C18H17ClF2N2O2. The summed E-state index contributed by atoms with van der Waals surface area (Å²) < 4.78 is 26.1. The Balaban J connectivity index is 1.94. The van der Waals surface area contributed by atoms with Crippen LogP contribution < -0.4 is 5.32 Å². The Morgan fingerprint density at radius 1 is 1.12 bits per heavy atom. The molecule has 0 aliphatic carbocycles. The summed E-state index contributed by atoms with van der Waals surface area (Å²) in [7, 11) is 0. The molecule has 0 fully saturated rings. The van der Waals surface area contributed by atoms with E-state index in [0.717, 1.165) is 17.7 Å². The SMILES string of the molecule is CC(=O)N(CCc1cccc(Cl)c1)CC(=O)Nc1ccc(F)c(F)c1. The highest BCUT2D eigenvalue weighted by Crippen LogP contribution is 2.14. The molecule has 0 saturated carbocycles. The van der Waals surface area contributed by atoms with E-state index in [9.17, 15) is 18.4 Å². The van der Waals surface area contributed by atoms with Crippen LogP contribution in [0.25, 0.3) is 0 Å². The summed E-state index contributed by atoms with van der Waals surface area (Å²) in [5, 5.41) is 3.04. The van der Waals surface area contributed by atoms with E-state index in [1.807, 2.05) is 12.1 Å². The first-order valence-corrected chi connectivity index (χ1v) is 7.98. The highest BCUT2D eigenvalue weighted by molar-refractivity contribution is 6.30. The number of carbonyl (C=O) groups is 2. The number of nitrogens with one attached hydrogen (secondary N) is 1. The third-order valence-corrected chi connectivity index (χ3v) is 3.78. The number of nitrogens with zero attached hydrogens (tertiary/aromatic N) is 1. The number of carbonyl (C=O) groups excluding carboxylic acids is 2. The van der Waals surface area contributed by atoms with E-state index < -0.39 is 17.5 Å². The molecule has 0 saturated heterocycles. The Bertz CT molecular complexity index is 783. The molecule has 25 heavy (non-hydrogen) atoms. The maximum absolute atomic E-state index is 13.2. The highest BCUT2D eigenvalue weighted by Gasteiger charge is 2.14. The fraction of sp³-hybridized carbons (Fsp3) is 0.222. The van der Waals surface area contributed by atoms with Crippen LogP contribution in [0.4, 0.5) is 14.5 Å². The smallest absolute Gasteiger partial charge is 0.243 e. The van der Waals surface area contributed by atoms with E-state index in [0.29, 0.717) is 18.0 Å². The maximum Gasteiger partial charge on any atom is 0.243 e. The van der Waals surface area contributed by atoms with Gasteiger partial charge in [-0.05, 0) is 36.2 Å².